The lowest BCUT2D eigenvalue weighted by atomic mass is 10.1. The van der Waals surface area contributed by atoms with Gasteiger partial charge in [0.1, 0.15) is 6.61 Å². The number of aliphatic hydroxyl groups is 1. The Balaban J connectivity index is 1.54. The van der Waals surface area contributed by atoms with Crippen molar-refractivity contribution < 1.29 is 14.6 Å². The zero-order valence-electron chi connectivity index (χ0n) is 10.2. The van der Waals surface area contributed by atoms with Crippen LogP contribution in [0.25, 0.3) is 0 Å². The average Bonchev–Trinajstić information content (AvgIpc) is 2.96. The van der Waals surface area contributed by atoms with E-state index in [1.54, 1.807) is 4.90 Å². The second kappa shape index (κ2) is 4.61. The fourth-order valence-electron chi connectivity index (χ4n) is 2.95. The predicted molar refractivity (Wildman–Crippen MR) is 65.9 cm³/mol. The molecule has 1 heterocycles. The number of rotatable bonds is 2. The Morgan fingerprint density at radius 3 is 2.72 bits per heavy atom. The van der Waals surface area contributed by atoms with Gasteiger partial charge in [-0.2, -0.15) is 0 Å². The van der Waals surface area contributed by atoms with Crippen LogP contribution in [0.15, 0.2) is 30.3 Å². The fraction of sp³-hybridized carbons (Fsp3) is 0.500. The van der Waals surface area contributed by atoms with E-state index in [1.807, 2.05) is 30.3 Å². The molecule has 0 radical (unpaired) electrons. The Bertz CT molecular complexity index is 432. The van der Waals surface area contributed by atoms with Crippen LogP contribution in [-0.2, 0) is 11.3 Å². The first-order valence-corrected chi connectivity index (χ1v) is 6.39. The molecule has 4 nitrogen and oxygen atoms in total. The number of hydrogen-bond acceptors (Lipinski definition) is 3. The van der Waals surface area contributed by atoms with Crippen molar-refractivity contribution in [2.75, 3.05) is 6.54 Å². The first kappa shape index (κ1) is 11.5. The summed E-state index contributed by atoms with van der Waals surface area (Å²) in [6.07, 6.45) is 1.14. The van der Waals surface area contributed by atoms with Crippen molar-refractivity contribution in [1.29, 1.82) is 0 Å². The largest absolute Gasteiger partial charge is 0.445 e. The number of likely N-dealkylation sites (tertiary alicyclic amines) is 1. The highest BCUT2D eigenvalue weighted by molar-refractivity contribution is 5.68. The molecule has 2 bridgehead atoms. The predicted octanol–water partition coefficient (Wildman–Crippen LogP) is 1.78. The first-order valence-electron chi connectivity index (χ1n) is 6.39. The van der Waals surface area contributed by atoms with Gasteiger partial charge in [-0.15, -0.1) is 0 Å². The van der Waals surface area contributed by atoms with Gasteiger partial charge >= 0.3 is 6.09 Å². The number of ether oxygens (including phenoxy) is 1. The van der Waals surface area contributed by atoms with Gasteiger partial charge in [0, 0.05) is 18.5 Å². The van der Waals surface area contributed by atoms with Gasteiger partial charge in [-0.25, -0.2) is 4.79 Å². The maximum Gasteiger partial charge on any atom is 0.410 e. The van der Waals surface area contributed by atoms with Crippen molar-refractivity contribution in [2.24, 2.45) is 5.92 Å². The Kier molecular flexibility index (Phi) is 2.96. The number of benzene rings is 1. The van der Waals surface area contributed by atoms with Crippen molar-refractivity contribution in [3.05, 3.63) is 35.9 Å². The number of fused-ring (bicyclic) bond motifs is 2. The summed E-state index contributed by atoms with van der Waals surface area (Å²) < 4.78 is 5.31. The van der Waals surface area contributed by atoms with E-state index in [9.17, 15) is 9.90 Å². The monoisotopic (exact) mass is 247 g/mol. The Labute approximate surface area is 106 Å². The van der Waals surface area contributed by atoms with Crippen LogP contribution in [0, 0.1) is 5.92 Å². The van der Waals surface area contributed by atoms with Crippen molar-refractivity contribution in [3.63, 3.8) is 0 Å². The van der Waals surface area contributed by atoms with E-state index >= 15 is 0 Å². The van der Waals surface area contributed by atoms with Gasteiger partial charge in [0.15, 0.2) is 0 Å². The number of nitrogens with zero attached hydrogens (tertiary/aromatic N) is 1. The Morgan fingerprint density at radius 1 is 1.33 bits per heavy atom. The van der Waals surface area contributed by atoms with E-state index in [4.69, 9.17) is 4.74 Å². The summed E-state index contributed by atoms with van der Waals surface area (Å²) in [5.74, 6) is 0.249. The molecular formula is C14H17NO3. The molecule has 4 heteroatoms. The molecule has 0 aromatic heterocycles. The SMILES string of the molecule is O=C(OCc1ccccc1)N1C[C@H]2C[C@H]1C[C@H]2O. The van der Waals surface area contributed by atoms with E-state index in [-0.39, 0.29) is 24.2 Å². The molecule has 1 aromatic carbocycles. The molecule has 1 aliphatic heterocycles. The quantitative estimate of drug-likeness (QED) is 0.866. The van der Waals surface area contributed by atoms with Gasteiger partial charge in [0.2, 0.25) is 0 Å². The zero-order valence-corrected chi connectivity index (χ0v) is 10.2. The molecule has 0 spiro atoms. The molecule has 1 aliphatic carbocycles. The Morgan fingerprint density at radius 2 is 2.11 bits per heavy atom. The minimum Gasteiger partial charge on any atom is -0.445 e. The Hall–Kier alpha value is -1.55. The summed E-state index contributed by atoms with van der Waals surface area (Å²) in [5.41, 5.74) is 0.996. The summed E-state index contributed by atoms with van der Waals surface area (Å²) in [6, 6.07) is 9.84. The van der Waals surface area contributed by atoms with Crippen molar-refractivity contribution in [2.45, 2.75) is 31.6 Å². The van der Waals surface area contributed by atoms with E-state index < -0.39 is 0 Å². The van der Waals surface area contributed by atoms with Crippen molar-refractivity contribution in [1.82, 2.24) is 4.90 Å². The highest BCUT2D eigenvalue weighted by Crippen LogP contribution is 2.37. The van der Waals surface area contributed by atoms with Gasteiger partial charge < -0.3 is 14.7 Å². The normalized spacial score (nSPS) is 29.6. The number of amides is 1. The van der Waals surface area contributed by atoms with Crippen molar-refractivity contribution in [3.8, 4) is 0 Å². The molecule has 0 unspecified atom stereocenters. The first-order chi connectivity index (χ1) is 8.74. The molecule has 1 saturated heterocycles. The van der Waals surface area contributed by atoms with Crippen LogP contribution in [-0.4, -0.2) is 34.8 Å². The standard InChI is InChI=1S/C14H17NO3/c16-13-7-12-6-11(13)8-15(12)14(17)18-9-10-4-2-1-3-5-10/h1-5,11-13,16H,6-9H2/t11-,12+,13-/m1/s1. The molecule has 3 rings (SSSR count). The van der Waals surface area contributed by atoms with E-state index in [0.717, 1.165) is 12.0 Å². The second-order valence-corrected chi connectivity index (χ2v) is 5.15. The van der Waals surface area contributed by atoms with E-state index in [2.05, 4.69) is 0 Å². The van der Waals surface area contributed by atoms with Gasteiger partial charge in [0.25, 0.3) is 0 Å². The number of aliphatic hydroxyl groups excluding tert-OH is 1. The zero-order chi connectivity index (χ0) is 12.5. The molecule has 1 saturated carbocycles. The van der Waals surface area contributed by atoms with Crippen LogP contribution in [0.4, 0.5) is 4.79 Å². The molecular weight excluding hydrogens is 230 g/mol. The van der Waals surface area contributed by atoms with Crippen LogP contribution in [0.1, 0.15) is 18.4 Å². The highest BCUT2D eigenvalue weighted by atomic mass is 16.6. The van der Waals surface area contributed by atoms with Crippen LogP contribution in [0.2, 0.25) is 0 Å². The number of hydrogen-bond donors (Lipinski definition) is 1. The minimum atomic E-state index is -0.252. The summed E-state index contributed by atoms with van der Waals surface area (Å²) in [4.78, 5) is 13.7. The van der Waals surface area contributed by atoms with Crippen LogP contribution in [0.5, 0.6) is 0 Å². The van der Waals surface area contributed by atoms with Crippen LogP contribution in [0.3, 0.4) is 0 Å². The fourth-order valence-corrected chi connectivity index (χ4v) is 2.95. The molecule has 1 amide bonds. The minimum absolute atomic E-state index is 0.174. The van der Waals surface area contributed by atoms with E-state index in [1.165, 1.54) is 0 Å². The van der Waals surface area contributed by atoms with Gasteiger partial charge in [0.05, 0.1) is 6.10 Å². The van der Waals surface area contributed by atoms with Crippen LogP contribution < -0.4 is 0 Å². The molecule has 3 atom stereocenters. The van der Waals surface area contributed by atoms with Gasteiger partial charge in [-0.1, -0.05) is 30.3 Å². The lowest BCUT2D eigenvalue weighted by molar-refractivity contribution is 0.0517. The lowest BCUT2D eigenvalue weighted by Gasteiger charge is -2.28. The maximum absolute atomic E-state index is 11.9. The topological polar surface area (TPSA) is 49.8 Å². The molecule has 2 fully saturated rings. The van der Waals surface area contributed by atoms with Gasteiger partial charge in [-0.05, 0) is 18.4 Å². The average molecular weight is 247 g/mol. The molecule has 18 heavy (non-hydrogen) atoms. The summed E-state index contributed by atoms with van der Waals surface area (Å²) >= 11 is 0. The summed E-state index contributed by atoms with van der Waals surface area (Å²) in [5, 5.41) is 9.65. The lowest BCUT2D eigenvalue weighted by Crippen LogP contribution is -2.41. The molecule has 1 N–H and O–H groups in total. The third-order valence-electron chi connectivity index (χ3n) is 3.94. The smallest absolute Gasteiger partial charge is 0.410 e. The summed E-state index contributed by atoms with van der Waals surface area (Å²) in [7, 11) is 0. The third kappa shape index (κ3) is 2.08. The number of carbonyl (C=O) groups is 1. The maximum atomic E-state index is 11.9. The van der Waals surface area contributed by atoms with Crippen LogP contribution >= 0.6 is 0 Å². The second-order valence-electron chi connectivity index (χ2n) is 5.15. The number of piperidine rings is 1. The molecule has 96 valence electrons. The van der Waals surface area contributed by atoms with Gasteiger partial charge in [-0.3, -0.25) is 0 Å². The highest BCUT2D eigenvalue weighted by Gasteiger charge is 2.46. The molecule has 1 aromatic rings. The number of carbonyl (C=O) groups excluding carboxylic acids is 1. The molecule has 2 aliphatic rings. The van der Waals surface area contributed by atoms with Crippen molar-refractivity contribution >= 4 is 6.09 Å². The summed E-state index contributed by atoms with van der Waals surface area (Å²) in [6.45, 7) is 0.954. The third-order valence-corrected chi connectivity index (χ3v) is 3.94. The van der Waals surface area contributed by atoms with E-state index in [0.29, 0.717) is 19.6 Å².